The van der Waals surface area contributed by atoms with Crippen LogP contribution in [0.15, 0.2) is 12.1 Å². The Hall–Kier alpha value is -0.870. The molecule has 0 bridgehead atoms. The van der Waals surface area contributed by atoms with Gasteiger partial charge in [-0.25, -0.2) is 0 Å². The van der Waals surface area contributed by atoms with Crippen LogP contribution in [0, 0.1) is 0 Å². The van der Waals surface area contributed by atoms with E-state index in [1.807, 2.05) is 11.0 Å². The molecule has 3 nitrogen and oxygen atoms in total. The van der Waals surface area contributed by atoms with Crippen molar-refractivity contribution in [2.45, 2.75) is 26.7 Å². The molecule has 1 amide bonds. The number of rotatable bonds is 4. The zero-order chi connectivity index (χ0) is 13.0. The summed E-state index contributed by atoms with van der Waals surface area (Å²) in [6.45, 7) is 9.27. The van der Waals surface area contributed by atoms with Crippen molar-refractivity contribution in [3.63, 3.8) is 0 Å². The molecule has 0 aliphatic carbocycles. The van der Waals surface area contributed by atoms with Crippen molar-refractivity contribution in [3.8, 4) is 0 Å². The Balaban J connectivity index is 1.91. The fourth-order valence-corrected chi connectivity index (χ4v) is 3.24. The lowest BCUT2D eigenvalue weighted by Gasteiger charge is -2.34. The average Bonchev–Trinajstić information content (AvgIpc) is 2.88. The minimum Gasteiger partial charge on any atom is -0.335 e. The molecule has 100 valence electrons. The normalized spacial score (nSPS) is 17.1. The zero-order valence-corrected chi connectivity index (χ0v) is 12.1. The highest BCUT2D eigenvalue weighted by atomic mass is 32.1. The topological polar surface area (TPSA) is 23.6 Å². The lowest BCUT2D eigenvalue weighted by atomic mass is 10.2. The lowest BCUT2D eigenvalue weighted by molar-refractivity contribution is 0.0642. The monoisotopic (exact) mass is 266 g/mol. The van der Waals surface area contributed by atoms with E-state index in [9.17, 15) is 4.79 Å². The minimum absolute atomic E-state index is 0.218. The van der Waals surface area contributed by atoms with Crippen molar-refractivity contribution >= 4 is 17.2 Å². The van der Waals surface area contributed by atoms with Crippen LogP contribution in [0.2, 0.25) is 0 Å². The molecule has 1 saturated heterocycles. The summed E-state index contributed by atoms with van der Waals surface area (Å²) in [6.07, 6.45) is 2.21. The van der Waals surface area contributed by atoms with Gasteiger partial charge in [-0.3, -0.25) is 9.69 Å². The highest BCUT2D eigenvalue weighted by Crippen LogP contribution is 2.19. The highest BCUT2D eigenvalue weighted by molar-refractivity contribution is 7.14. The first kappa shape index (κ1) is 13.6. The smallest absolute Gasteiger partial charge is 0.264 e. The number of piperazine rings is 1. The second-order valence-corrected chi connectivity index (χ2v) is 5.92. The van der Waals surface area contributed by atoms with Crippen LogP contribution in [-0.4, -0.2) is 48.4 Å². The van der Waals surface area contributed by atoms with Gasteiger partial charge in [0.2, 0.25) is 0 Å². The van der Waals surface area contributed by atoms with Crippen molar-refractivity contribution in [1.82, 2.24) is 9.80 Å². The molecule has 18 heavy (non-hydrogen) atoms. The maximum Gasteiger partial charge on any atom is 0.264 e. The van der Waals surface area contributed by atoms with E-state index < -0.39 is 0 Å². The molecule has 0 radical (unpaired) electrons. The summed E-state index contributed by atoms with van der Waals surface area (Å²) in [5.74, 6) is 0.218. The first-order valence-corrected chi connectivity index (χ1v) is 7.66. The van der Waals surface area contributed by atoms with E-state index in [2.05, 4.69) is 24.8 Å². The van der Waals surface area contributed by atoms with E-state index in [1.165, 1.54) is 11.3 Å². The van der Waals surface area contributed by atoms with Crippen LogP contribution in [0.4, 0.5) is 0 Å². The molecule has 1 aromatic heterocycles. The zero-order valence-electron chi connectivity index (χ0n) is 11.3. The van der Waals surface area contributed by atoms with E-state index in [1.54, 1.807) is 11.3 Å². The van der Waals surface area contributed by atoms with E-state index in [-0.39, 0.29) is 5.91 Å². The van der Waals surface area contributed by atoms with E-state index in [0.29, 0.717) is 0 Å². The van der Waals surface area contributed by atoms with Crippen LogP contribution in [0.1, 0.15) is 34.8 Å². The van der Waals surface area contributed by atoms with Crippen LogP contribution in [0.3, 0.4) is 0 Å². The summed E-state index contributed by atoms with van der Waals surface area (Å²) < 4.78 is 0. The molecule has 1 aliphatic heterocycles. The molecule has 1 fully saturated rings. The lowest BCUT2D eigenvalue weighted by Crippen LogP contribution is -2.48. The third kappa shape index (κ3) is 3.12. The van der Waals surface area contributed by atoms with Crippen molar-refractivity contribution in [1.29, 1.82) is 0 Å². The molecular weight excluding hydrogens is 244 g/mol. The second-order valence-electron chi connectivity index (χ2n) is 4.75. The largest absolute Gasteiger partial charge is 0.335 e. The van der Waals surface area contributed by atoms with Crippen molar-refractivity contribution in [3.05, 3.63) is 21.9 Å². The molecule has 0 unspecified atom stereocenters. The van der Waals surface area contributed by atoms with E-state index >= 15 is 0 Å². The van der Waals surface area contributed by atoms with Gasteiger partial charge in [-0.1, -0.05) is 13.8 Å². The Bertz CT molecular complexity index is 394. The van der Waals surface area contributed by atoms with Gasteiger partial charge >= 0.3 is 0 Å². The minimum atomic E-state index is 0.218. The first-order valence-electron chi connectivity index (χ1n) is 6.85. The molecule has 2 heterocycles. The summed E-state index contributed by atoms with van der Waals surface area (Å²) in [4.78, 5) is 18.9. The number of aryl methyl sites for hydroxylation is 1. The Morgan fingerprint density at radius 3 is 2.50 bits per heavy atom. The van der Waals surface area contributed by atoms with Crippen LogP contribution in [0.5, 0.6) is 0 Å². The number of thiophene rings is 1. The molecule has 1 aromatic rings. The summed E-state index contributed by atoms with van der Waals surface area (Å²) >= 11 is 1.64. The van der Waals surface area contributed by atoms with Gasteiger partial charge in [0.25, 0.3) is 5.91 Å². The number of nitrogens with zero attached hydrogens (tertiary/aromatic N) is 2. The van der Waals surface area contributed by atoms with Crippen molar-refractivity contribution in [2.75, 3.05) is 32.7 Å². The molecule has 0 N–H and O–H groups in total. The maximum absolute atomic E-state index is 12.3. The third-order valence-electron chi connectivity index (χ3n) is 3.42. The van der Waals surface area contributed by atoms with Crippen LogP contribution in [-0.2, 0) is 6.42 Å². The van der Waals surface area contributed by atoms with Gasteiger partial charge in [-0.15, -0.1) is 11.3 Å². The van der Waals surface area contributed by atoms with Gasteiger partial charge in [-0.05, 0) is 31.5 Å². The van der Waals surface area contributed by atoms with Crippen LogP contribution >= 0.6 is 11.3 Å². The number of carbonyl (C=O) groups excluding carboxylic acids is 1. The predicted octanol–water partition coefficient (Wildman–Crippen LogP) is 2.48. The van der Waals surface area contributed by atoms with Gasteiger partial charge in [0.15, 0.2) is 0 Å². The van der Waals surface area contributed by atoms with E-state index in [0.717, 1.165) is 44.0 Å². The predicted molar refractivity (Wildman–Crippen MR) is 76.3 cm³/mol. The summed E-state index contributed by atoms with van der Waals surface area (Å²) in [6, 6.07) is 4.05. The Kier molecular flexibility index (Phi) is 4.78. The standard InChI is InChI=1S/C14H22N2OS/c1-3-7-15-8-10-16(11-9-15)14(17)13-6-5-12(4-2)18-13/h5-6H,3-4,7-11H2,1-2H3. The van der Waals surface area contributed by atoms with Gasteiger partial charge in [0, 0.05) is 31.1 Å². The fourth-order valence-electron chi connectivity index (χ4n) is 2.33. The van der Waals surface area contributed by atoms with Gasteiger partial charge < -0.3 is 4.90 Å². The van der Waals surface area contributed by atoms with Crippen molar-refractivity contribution in [2.24, 2.45) is 0 Å². The third-order valence-corrected chi connectivity index (χ3v) is 4.64. The van der Waals surface area contributed by atoms with Gasteiger partial charge in [0.05, 0.1) is 4.88 Å². The number of carbonyl (C=O) groups is 1. The van der Waals surface area contributed by atoms with Crippen molar-refractivity contribution < 1.29 is 4.79 Å². The SMILES string of the molecule is CCCN1CCN(C(=O)c2ccc(CC)s2)CC1. The van der Waals surface area contributed by atoms with Crippen LogP contribution in [0.25, 0.3) is 0 Å². The Labute approximate surface area is 113 Å². The average molecular weight is 266 g/mol. The summed E-state index contributed by atoms with van der Waals surface area (Å²) in [5, 5.41) is 0. The Morgan fingerprint density at radius 1 is 1.22 bits per heavy atom. The Morgan fingerprint density at radius 2 is 1.94 bits per heavy atom. The summed E-state index contributed by atoms with van der Waals surface area (Å²) in [5.41, 5.74) is 0. The molecule has 0 spiro atoms. The summed E-state index contributed by atoms with van der Waals surface area (Å²) in [7, 11) is 0. The molecular formula is C14H22N2OS. The second kappa shape index (κ2) is 6.34. The molecule has 0 saturated carbocycles. The number of amides is 1. The molecule has 0 aromatic carbocycles. The number of hydrogen-bond donors (Lipinski definition) is 0. The molecule has 1 aliphatic rings. The van der Waals surface area contributed by atoms with Gasteiger partial charge in [-0.2, -0.15) is 0 Å². The fraction of sp³-hybridized carbons (Fsp3) is 0.643. The highest BCUT2D eigenvalue weighted by Gasteiger charge is 2.22. The molecule has 2 rings (SSSR count). The van der Waals surface area contributed by atoms with Crippen LogP contribution < -0.4 is 0 Å². The number of hydrogen-bond acceptors (Lipinski definition) is 3. The maximum atomic E-state index is 12.3. The van der Waals surface area contributed by atoms with Gasteiger partial charge in [0.1, 0.15) is 0 Å². The molecule has 0 atom stereocenters. The van der Waals surface area contributed by atoms with E-state index in [4.69, 9.17) is 0 Å². The first-order chi connectivity index (χ1) is 8.74. The quantitative estimate of drug-likeness (QED) is 0.836. The molecule has 4 heteroatoms.